The monoisotopic (exact) mass is 236 g/mol. The standard InChI is InChI=1S/C14H20O3/c1-13(2,3)17-11-8-6-10(7-9-11)14(4,5)12(15)16/h6-9H,1-5H3,(H,15,16). The highest BCUT2D eigenvalue weighted by molar-refractivity contribution is 5.80. The molecule has 1 aromatic carbocycles. The van der Waals surface area contributed by atoms with Gasteiger partial charge in [0.05, 0.1) is 5.41 Å². The number of ether oxygens (including phenoxy) is 1. The Kier molecular flexibility index (Phi) is 3.51. The molecular formula is C14H20O3. The molecule has 0 aliphatic heterocycles. The first-order chi connectivity index (χ1) is 7.63. The quantitative estimate of drug-likeness (QED) is 0.876. The Labute approximate surface area is 102 Å². The van der Waals surface area contributed by atoms with Gasteiger partial charge in [-0.15, -0.1) is 0 Å². The lowest BCUT2D eigenvalue weighted by Gasteiger charge is -2.23. The van der Waals surface area contributed by atoms with Crippen molar-refractivity contribution in [1.82, 2.24) is 0 Å². The molecule has 0 aliphatic rings. The first kappa shape index (κ1) is 13.6. The molecule has 0 heterocycles. The molecule has 3 nitrogen and oxygen atoms in total. The van der Waals surface area contributed by atoms with Crippen molar-refractivity contribution >= 4 is 5.97 Å². The van der Waals surface area contributed by atoms with Crippen molar-refractivity contribution in [2.45, 2.75) is 45.6 Å². The highest BCUT2D eigenvalue weighted by Crippen LogP contribution is 2.26. The van der Waals surface area contributed by atoms with Crippen LogP contribution in [0.5, 0.6) is 5.75 Å². The minimum Gasteiger partial charge on any atom is -0.488 e. The van der Waals surface area contributed by atoms with Crippen molar-refractivity contribution in [2.24, 2.45) is 0 Å². The maximum Gasteiger partial charge on any atom is 0.313 e. The van der Waals surface area contributed by atoms with Gasteiger partial charge in [-0.25, -0.2) is 0 Å². The Balaban J connectivity index is 2.93. The summed E-state index contributed by atoms with van der Waals surface area (Å²) in [5.41, 5.74) is -0.351. The second-order valence-electron chi connectivity index (χ2n) is 5.67. The maximum atomic E-state index is 11.1. The summed E-state index contributed by atoms with van der Waals surface area (Å²) in [6.07, 6.45) is 0. The number of hydrogen-bond acceptors (Lipinski definition) is 2. The predicted octanol–water partition coefficient (Wildman–Crippen LogP) is 3.23. The third-order valence-corrected chi connectivity index (χ3v) is 2.53. The van der Waals surface area contributed by atoms with Gasteiger partial charge >= 0.3 is 5.97 Å². The average molecular weight is 236 g/mol. The van der Waals surface area contributed by atoms with Crippen LogP contribution < -0.4 is 4.74 Å². The lowest BCUT2D eigenvalue weighted by molar-refractivity contribution is -0.142. The summed E-state index contributed by atoms with van der Waals surface area (Å²) in [4.78, 5) is 11.1. The topological polar surface area (TPSA) is 46.5 Å². The largest absolute Gasteiger partial charge is 0.488 e. The van der Waals surface area contributed by atoms with Crippen LogP contribution in [0, 0.1) is 0 Å². The van der Waals surface area contributed by atoms with Crippen LogP contribution in [0.15, 0.2) is 24.3 Å². The smallest absolute Gasteiger partial charge is 0.313 e. The molecule has 0 aliphatic carbocycles. The Hall–Kier alpha value is -1.51. The molecule has 1 rings (SSSR count). The fourth-order valence-corrected chi connectivity index (χ4v) is 1.42. The maximum absolute atomic E-state index is 11.1. The van der Waals surface area contributed by atoms with Crippen molar-refractivity contribution in [3.8, 4) is 5.75 Å². The van der Waals surface area contributed by atoms with Gasteiger partial charge in [-0.3, -0.25) is 4.79 Å². The molecular weight excluding hydrogens is 216 g/mol. The van der Waals surface area contributed by atoms with E-state index in [9.17, 15) is 4.79 Å². The van der Waals surface area contributed by atoms with Crippen LogP contribution in [-0.2, 0) is 10.2 Å². The molecule has 1 N–H and O–H groups in total. The molecule has 94 valence electrons. The second-order valence-corrected chi connectivity index (χ2v) is 5.67. The van der Waals surface area contributed by atoms with Gasteiger partial charge in [0, 0.05) is 0 Å². The number of hydrogen-bond donors (Lipinski definition) is 1. The number of rotatable bonds is 3. The van der Waals surface area contributed by atoms with Crippen molar-refractivity contribution in [3.05, 3.63) is 29.8 Å². The van der Waals surface area contributed by atoms with E-state index in [2.05, 4.69) is 0 Å². The summed E-state index contributed by atoms with van der Waals surface area (Å²) in [5.74, 6) is -0.0792. The zero-order chi connectivity index (χ0) is 13.3. The minimum atomic E-state index is -0.875. The normalized spacial score (nSPS) is 12.3. The zero-order valence-electron chi connectivity index (χ0n) is 11.1. The van der Waals surface area contributed by atoms with Crippen LogP contribution in [0.3, 0.4) is 0 Å². The van der Waals surface area contributed by atoms with Gasteiger partial charge < -0.3 is 9.84 Å². The first-order valence-electron chi connectivity index (χ1n) is 5.66. The van der Waals surface area contributed by atoms with Crippen LogP contribution in [0.2, 0.25) is 0 Å². The summed E-state index contributed by atoms with van der Waals surface area (Å²) >= 11 is 0. The molecule has 0 unspecified atom stereocenters. The van der Waals surface area contributed by atoms with Crippen LogP contribution in [0.25, 0.3) is 0 Å². The van der Waals surface area contributed by atoms with E-state index in [-0.39, 0.29) is 5.60 Å². The SMILES string of the molecule is CC(C)(C)Oc1ccc(C(C)(C)C(=O)O)cc1. The molecule has 1 aromatic rings. The molecule has 0 bridgehead atoms. The van der Waals surface area contributed by atoms with Gasteiger partial charge in [-0.1, -0.05) is 12.1 Å². The van der Waals surface area contributed by atoms with E-state index in [1.807, 2.05) is 32.9 Å². The fraction of sp³-hybridized carbons (Fsp3) is 0.500. The van der Waals surface area contributed by atoms with Crippen molar-refractivity contribution < 1.29 is 14.6 Å². The Morgan fingerprint density at radius 3 is 1.88 bits per heavy atom. The van der Waals surface area contributed by atoms with Gasteiger partial charge in [-0.05, 0) is 52.3 Å². The van der Waals surface area contributed by atoms with Crippen molar-refractivity contribution in [2.75, 3.05) is 0 Å². The Morgan fingerprint density at radius 1 is 1.06 bits per heavy atom. The lowest BCUT2D eigenvalue weighted by atomic mass is 9.85. The molecule has 17 heavy (non-hydrogen) atoms. The van der Waals surface area contributed by atoms with Crippen LogP contribution in [0.1, 0.15) is 40.2 Å². The van der Waals surface area contributed by atoms with E-state index in [4.69, 9.17) is 9.84 Å². The molecule has 0 radical (unpaired) electrons. The minimum absolute atomic E-state index is 0.246. The summed E-state index contributed by atoms with van der Waals surface area (Å²) in [6.45, 7) is 9.30. The molecule has 3 heteroatoms. The van der Waals surface area contributed by atoms with E-state index in [1.165, 1.54) is 0 Å². The molecule has 0 atom stereocenters. The number of carboxylic acid groups (broad SMARTS) is 1. The van der Waals surface area contributed by atoms with Gasteiger partial charge in [0.15, 0.2) is 0 Å². The summed E-state index contributed by atoms with van der Waals surface area (Å²) in [6, 6.07) is 7.22. The van der Waals surface area contributed by atoms with Crippen LogP contribution >= 0.6 is 0 Å². The Bertz CT molecular complexity index is 396. The second kappa shape index (κ2) is 4.40. The van der Waals surface area contributed by atoms with Crippen LogP contribution in [0.4, 0.5) is 0 Å². The van der Waals surface area contributed by atoms with Crippen molar-refractivity contribution in [1.29, 1.82) is 0 Å². The number of benzene rings is 1. The van der Waals surface area contributed by atoms with E-state index >= 15 is 0 Å². The van der Waals surface area contributed by atoms with Crippen LogP contribution in [-0.4, -0.2) is 16.7 Å². The average Bonchev–Trinajstić information content (AvgIpc) is 2.15. The van der Waals surface area contributed by atoms with Crippen molar-refractivity contribution in [3.63, 3.8) is 0 Å². The van der Waals surface area contributed by atoms with E-state index in [1.54, 1.807) is 26.0 Å². The molecule has 0 amide bonds. The molecule has 0 aromatic heterocycles. The van der Waals surface area contributed by atoms with Gasteiger partial charge in [-0.2, -0.15) is 0 Å². The van der Waals surface area contributed by atoms with Gasteiger partial charge in [0.1, 0.15) is 11.4 Å². The van der Waals surface area contributed by atoms with E-state index < -0.39 is 11.4 Å². The number of carboxylic acids is 1. The zero-order valence-corrected chi connectivity index (χ0v) is 11.1. The van der Waals surface area contributed by atoms with E-state index in [0.717, 1.165) is 11.3 Å². The summed E-state index contributed by atoms with van der Waals surface area (Å²) in [5, 5.41) is 9.12. The fourth-order valence-electron chi connectivity index (χ4n) is 1.42. The molecule has 0 saturated carbocycles. The number of carbonyl (C=O) groups is 1. The van der Waals surface area contributed by atoms with Gasteiger partial charge in [0.25, 0.3) is 0 Å². The summed E-state index contributed by atoms with van der Waals surface area (Å²) < 4.78 is 5.68. The highest BCUT2D eigenvalue weighted by atomic mass is 16.5. The van der Waals surface area contributed by atoms with Gasteiger partial charge in [0.2, 0.25) is 0 Å². The molecule has 0 fully saturated rings. The third-order valence-electron chi connectivity index (χ3n) is 2.53. The third kappa shape index (κ3) is 3.48. The predicted molar refractivity (Wildman–Crippen MR) is 67.5 cm³/mol. The summed E-state index contributed by atoms with van der Waals surface area (Å²) in [7, 11) is 0. The lowest BCUT2D eigenvalue weighted by Crippen LogP contribution is -2.28. The Morgan fingerprint density at radius 2 is 1.53 bits per heavy atom. The van der Waals surface area contributed by atoms with E-state index in [0.29, 0.717) is 0 Å². The number of aliphatic carboxylic acids is 1. The molecule has 0 saturated heterocycles. The highest BCUT2D eigenvalue weighted by Gasteiger charge is 2.29. The first-order valence-corrected chi connectivity index (χ1v) is 5.66. The molecule has 0 spiro atoms.